The zero-order valence-corrected chi connectivity index (χ0v) is 18.8. The van der Waals surface area contributed by atoms with Gasteiger partial charge in [-0.25, -0.2) is 4.68 Å². The van der Waals surface area contributed by atoms with Gasteiger partial charge in [0, 0.05) is 29.7 Å². The maximum atomic E-state index is 13.1. The van der Waals surface area contributed by atoms with Gasteiger partial charge in [0.15, 0.2) is 18.0 Å². The highest BCUT2D eigenvalue weighted by Crippen LogP contribution is 2.21. The molecule has 0 saturated carbocycles. The van der Waals surface area contributed by atoms with Gasteiger partial charge in [-0.15, -0.1) is 5.10 Å². The van der Waals surface area contributed by atoms with Gasteiger partial charge >= 0.3 is 0 Å². The highest BCUT2D eigenvalue weighted by molar-refractivity contribution is 6.37. The van der Waals surface area contributed by atoms with Gasteiger partial charge in [0.05, 0.1) is 18.8 Å². The average molecular weight is 491 g/mol. The molecular weight excluding hydrogens is 469 g/mol. The summed E-state index contributed by atoms with van der Waals surface area (Å²) in [6.45, 7) is 0.193. The Balaban J connectivity index is 1.46. The van der Waals surface area contributed by atoms with E-state index in [9.17, 15) is 19.5 Å². The Labute approximate surface area is 205 Å². The van der Waals surface area contributed by atoms with Crippen LogP contribution >= 0.6 is 0 Å². The third kappa shape index (κ3) is 4.91. The van der Waals surface area contributed by atoms with E-state index >= 15 is 0 Å². The van der Waals surface area contributed by atoms with Gasteiger partial charge in [-0.1, -0.05) is 5.46 Å². The van der Waals surface area contributed by atoms with Crippen molar-refractivity contribution in [3.05, 3.63) is 54.0 Å². The van der Waals surface area contributed by atoms with Gasteiger partial charge in [0.2, 0.25) is 0 Å². The molecule has 184 valence electrons. The molecule has 2 atom stereocenters. The summed E-state index contributed by atoms with van der Waals surface area (Å²) < 4.78 is 6.82. The molecule has 14 nitrogen and oxygen atoms in total. The van der Waals surface area contributed by atoms with Crippen LogP contribution in [0.1, 0.15) is 5.56 Å². The summed E-state index contributed by atoms with van der Waals surface area (Å²) in [5, 5.41) is 24.8. The standard InChI is InChI=1S/C21H22BN9O5/c22-13-7-10(1-2-12(13)18(23)24)27-20(34)16(32)17-21(35)30(5-6-36-17)15-3-4-31(29-15)11-8-14(19(25)33)28-26-9-11/h1-4,7-9,16-17,26,28,32H,5-6H2,(H3,23,24)(H2,25,33)(H,27,34). The van der Waals surface area contributed by atoms with Crippen molar-refractivity contribution in [3.8, 4) is 0 Å². The molecule has 0 spiro atoms. The van der Waals surface area contributed by atoms with Crippen molar-refractivity contribution in [2.45, 2.75) is 12.2 Å². The van der Waals surface area contributed by atoms with Crippen molar-refractivity contribution < 1.29 is 24.2 Å². The predicted octanol–water partition coefficient (Wildman–Crippen LogP) is -3.03. The number of aliphatic hydroxyl groups excluding tert-OH is 1. The summed E-state index contributed by atoms with van der Waals surface area (Å²) in [6.07, 6.45) is 1.28. The van der Waals surface area contributed by atoms with Crippen molar-refractivity contribution >= 4 is 54.1 Å². The molecular formula is C21H22BN9O5. The molecule has 1 aromatic heterocycles. The van der Waals surface area contributed by atoms with E-state index in [0.717, 1.165) is 0 Å². The highest BCUT2D eigenvalue weighted by atomic mass is 16.5. The van der Waals surface area contributed by atoms with Crippen LogP contribution in [0, 0.1) is 5.41 Å². The number of hydrazine groups is 1. The van der Waals surface area contributed by atoms with Gasteiger partial charge < -0.3 is 32.1 Å². The number of aromatic nitrogens is 2. The van der Waals surface area contributed by atoms with E-state index in [0.29, 0.717) is 11.3 Å². The van der Waals surface area contributed by atoms with E-state index in [2.05, 4.69) is 21.3 Å². The molecule has 3 amide bonds. The summed E-state index contributed by atoms with van der Waals surface area (Å²) in [5.41, 5.74) is 17.3. The number of benzene rings is 1. The first-order valence-corrected chi connectivity index (χ1v) is 10.6. The van der Waals surface area contributed by atoms with Gasteiger partial charge in [-0.05, 0) is 24.3 Å². The molecule has 2 aliphatic heterocycles. The number of aliphatic hydroxyl groups is 1. The fraction of sp³-hybridized carbons (Fsp3) is 0.190. The molecule has 3 heterocycles. The first kappa shape index (κ1) is 24.5. The predicted molar refractivity (Wildman–Crippen MR) is 130 cm³/mol. The lowest BCUT2D eigenvalue weighted by atomic mass is 9.89. The van der Waals surface area contributed by atoms with Crippen LogP contribution < -0.4 is 38.0 Å². The zero-order valence-electron chi connectivity index (χ0n) is 18.8. The molecule has 0 aliphatic carbocycles. The fourth-order valence-electron chi connectivity index (χ4n) is 3.58. The van der Waals surface area contributed by atoms with Crippen LogP contribution in [0.15, 0.2) is 48.4 Å². The number of amidine groups is 1. The van der Waals surface area contributed by atoms with E-state index < -0.39 is 29.9 Å². The number of carbonyl (C=O) groups excluding carboxylic acids is 3. The van der Waals surface area contributed by atoms with Crippen LogP contribution in [-0.4, -0.2) is 71.7 Å². The minimum atomic E-state index is -1.83. The van der Waals surface area contributed by atoms with Crippen LogP contribution in [0.25, 0.3) is 5.70 Å². The number of allylic oxidation sites excluding steroid dienone is 2. The number of rotatable bonds is 7. The Morgan fingerprint density at radius 2 is 2.11 bits per heavy atom. The topological polar surface area (TPSA) is 214 Å². The SMILES string of the molecule is [B]c1cc(NC(=O)C(O)C2OCCN(c3ccn(C4=CNNC(C(N)=O)=C4)n3)C2=O)ccc1C(=N)N. The quantitative estimate of drug-likeness (QED) is 0.119. The van der Waals surface area contributed by atoms with E-state index in [1.807, 2.05) is 0 Å². The van der Waals surface area contributed by atoms with Crippen molar-refractivity contribution in [1.29, 1.82) is 5.41 Å². The van der Waals surface area contributed by atoms with Crippen LogP contribution in [0.5, 0.6) is 0 Å². The number of ether oxygens (including phenoxy) is 1. The number of nitrogen functional groups attached to an aromatic ring is 1. The van der Waals surface area contributed by atoms with Crippen LogP contribution in [0.2, 0.25) is 0 Å². The number of amides is 3. The minimum absolute atomic E-state index is 0.0494. The second kappa shape index (κ2) is 9.93. The third-order valence-electron chi connectivity index (χ3n) is 5.39. The van der Waals surface area contributed by atoms with E-state index in [-0.39, 0.29) is 41.7 Å². The average Bonchev–Trinajstić information content (AvgIpc) is 3.34. The maximum absolute atomic E-state index is 13.1. The molecule has 2 aliphatic rings. The molecule has 1 saturated heterocycles. The summed E-state index contributed by atoms with van der Waals surface area (Å²) in [7, 11) is 5.83. The number of carbonyl (C=O) groups is 3. The zero-order chi connectivity index (χ0) is 26.0. The van der Waals surface area contributed by atoms with Crippen molar-refractivity contribution in [2.24, 2.45) is 11.5 Å². The Morgan fingerprint density at radius 1 is 1.33 bits per heavy atom. The van der Waals surface area contributed by atoms with Gasteiger partial charge in [-0.2, -0.15) is 0 Å². The molecule has 0 bridgehead atoms. The molecule has 2 unspecified atom stereocenters. The smallest absolute Gasteiger partial charge is 0.266 e. The lowest BCUT2D eigenvalue weighted by Gasteiger charge is -2.32. The van der Waals surface area contributed by atoms with E-state index in [1.165, 1.54) is 40.1 Å². The number of nitrogens with one attached hydrogen (secondary N) is 4. The maximum Gasteiger partial charge on any atom is 0.266 e. The number of nitrogens with two attached hydrogens (primary N) is 2. The third-order valence-corrected chi connectivity index (χ3v) is 5.39. The number of hydrogen-bond donors (Lipinski definition) is 7. The molecule has 1 aromatic carbocycles. The molecule has 2 aromatic rings. The monoisotopic (exact) mass is 491 g/mol. The number of hydrogen-bond acceptors (Lipinski definition) is 9. The van der Waals surface area contributed by atoms with Gasteiger partial charge in [0.25, 0.3) is 17.7 Å². The molecule has 15 heteroatoms. The molecule has 4 rings (SSSR count). The second-order valence-electron chi connectivity index (χ2n) is 7.81. The molecule has 2 radical (unpaired) electrons. The van der Waals surface area contributed by atoms with E-state index in [1.54, 1.807) is 12.3 Å². The molecule has 36 heavy (non-hydrogen) atoms. The van der Waals surface area contributed by atoms with Gasteiger partial charge in [-0.3, -0.25) is 30.1 Å². The first-order valence-electron chi connectivity index (χ1n) is 10.6. The Bertz CT molecular complexity index is 1300. The minimum Gasteiger partial charge on any atom is -0.384 e. The number of morpholine rings is 1. The van der Waals surface area contributed by atoms with Crippen LogP contribution in [0.4, 0.5) is 11.5 Å². The molecule has 1 fully saturated rings. The summed E-state index contributed by atoms with van der Waals surface area (Å²) in [6, 6.07) is 5.86. The number of nitrogens with zero attached hydrogens (tertiary/aromatic N) is 3. The lowest BCUT2D eigenvalue weighted by molar-refractivity contribution is -0.150. The Hall–Kier alpha value is -4.63. The summed E-state index contributed by atoms with van der Waals surface area (Å²) >= 11 is 0. The lowest BCUT2D eigenvalue weighted by Crippen LogP contribution is -2.55. The first-order chi connectivity index (χ1) is 17.2. The number of anilines is 2. The van der Waals surface area contributed by atoms with Crippen LogP contribution in [0.3, 0.4) is 0 Å². The second-order valence-corrected chi connectivity index (χ2v) is 7.81. The van der Waals surface area contributed by atoms with Crippen molar-refractivity contribution in [3.63, 3.8) is 0 Å². The van der Waals surface area contributed by atoms with Crippen LogP contribution in [-0.2, 0) is 19.1 Å². The van der Waals surface area contributed by atoms with Crippen molar-refractivity contribution in [2.75, 3.05) is 23.4 Å². The Kier molecular flexibility index (Phi) is 6.76. The summed E-state index contributed by atoms with van der Waals surface area (Å²) in [5.74, 6) is -2.19. The fourth-order valence-corrected chi connectivity index (χ4v) is 3.58. The molecule has 9 N–H and O–H groups in total. The Morgan fingerprint density at radius 3 is 2.81 bits per heavy atom. The normalized spacial score (nSPS) is 18.3. The van der Waals surface area contributed by atoms with Crippen molar-refractivity contribution in [1.82, 2.24) is 20.6 Å². The van der Waals surface area contributed by atoms with Gasteiger partial charge in [0.1, 0.15) is 19.4 Å². The summed E-state index contributed by atoms with van der Waals surface area (Å²) in [4.78, 5) is 38.4. The highest BCUT2D eigenvalue weighted by Gasteiger charge is 2.40. The number of primary amides is 1. The largest absolute Gasteiger partial charge is 0.384 e. The van der Waals surface area contributed by atoms with E-state index in [4.69, 9.17) is 29.5 Å².